The second-order valence-corrected chi connectivity index (χ2v) is 7.60. The van der Waals surface area contributed by atoms with E-state index >= 15 is 0 Å². The Morgan fingerprint density at radius 2 is 2.00 bits per heavy atom. The predicted octanol–water partition coefficient (Wildman–Crippen LogP) is 3.14. The molecule has 0 aromatic heterocycles. The highest BCUT2D eigenvalue weighted by Crippen LogP contribution is 2.24. The minimum atomic E-state index is -0.213. The van der Waals surface area contributed by atoms with Crippen molar-refractivity contribution in [1.82, 2.24) is 15.5 Å². The van der Waals surface area contributed by atoms with E-state index in [1.54, 1.807) is 26.2 Å². The highest BCUT2D eigenvalue weighted by molar-refractivity contribution is 14.0. The molecule has 1 saturated heterocycles. The number of likely N-dealkylation sites (tertiary alicyclic amines) is 1. The first-order valence-electron chi connectivity index (χ1n) is 9.28. The standard InChI is InChI=1S/C20H31FN4O.HI/c1-20(2,16-6-5-7-17(21)13-16)14-24-19(23-4)25-10-8-15(9-11-25)12-18(26)22-3;/h5-7,13,15H,8-12,14H2,1-4H3,(H,22,26)(H,23,24);1H. The lowest BCUT2D eigenvalue weighted by Crippen LogP contribution is -2.48. The number of guanidine groups is 1. The summed E-state index contributed by atoms with van der Waals surface area (Å²) in [5, 5.41) is 6.14. The lowest BCUT2D eigenvalue weighted by molar-refractivity contribution is -0.121. The molecule has 0 spiro atoms. The molecule has 0 bridgehead atoms. The summed E-state index contributed by atoms with van der Waals surface area (Å²) in [4.78, 5) is 18.2. The molecule has 1 aliphatic rings. The second kappa shape index (κ2) is 10.8. The van der Waals surface area contributed by atoms with Crippen LogP contribution in [0.15, 0.2) is 29.3 Å². The molecule has 5 nitrogen and oxygen atoms in total. The molecule has 7 heteroatoms. The fourth-order valence-corrected chi connectivity index (χ4v) is 3.36. The molecule has 0 radical (unpaired) electrons. The number of carbonyl (C=O) groups excluding carboxylic acids is 1. The van der Waals surface area contributed by atoms with Crippen LogP contribution in [0.3, 0.4) is 0 Å². The van der Waals surface area contributed by atoms with Crippen LogP contribution >= 0.6 is 24.0 Å². The molecule has 27 heavy (non-hydrogen) atoms. The Balaban J connectivity index is 0.00000364. The number of hydrogen-bond acceptors (Lipinski definition) is 2. The number of piperidine rings is 1. The molecule has 1 aromatic rings. The van der Waals surface area contributed by atoms with Crippen molar-refractivity contribution in [3.05, 3.63) is 35.6 Å². The third-order valence-electron chi connectivity index (χ3n) is 5.17. The van der Waals surface area contributed by atoms with Crippen LogP contribution in [0.4, 0.5) is 4.39 Å². The van der Waals surface area contributed by atoms with E-state index in [9.17, 15) is 9.18 Å². The molecule has 0 atom stereocenters. The normalized spacial score (nSPS) is 15.9. The summed E-state index contributed by atoms with van der Waals surface area (Å²) in [6.45, 7) is 6.64. The molecule has 2 rings (SSSR count). The number of halogens is 2. The van der Waals surface area contributed by atoms with Gasteiger partial charge in [-0.15, -0.1) is 24.0 Å². The number of carbonyl (C=O) groups is 1. The molecule has 0 aliphatic carbocycles. The van der Waals surface area contributed by atoms with Crippen LogP contribution in [0.2, 0.25) is 0 Å². The summed E-state index contributed by atoms with van der Waals surface area (Å²) in [5.41, 5.74) is 0.750. The fourth-order valence-electron chi connectivity index (χ4n) is 3.36. The van der Waals surface area contributed by atoms with Gasteiger partial charge in [0.15, 0.2) is 5.96 Å². The van der Waals surface area contributed by atoms with Gasteiger partial charge >= 0.3 is 0 Å². The molecule has 1 fully saturated rings. The molecule has 1 heterocycles. The van der Waals surface area contributed by atoms with Crippen molar-refractivity contribution in [3.8, 4) is 0 Å². The van der Waals surface area contributed by atoms with E-state index in [1.165, 1.54) is 6.07 Å². The number of nitrogens with one attached hydrogen (secondary N) is 2. The molecule has 1 amide bonds. The van der Waals surface area contributed by atoms with Crippen LogP contribution in [-0.2, 0) is 10.2 Å². The Kier molecular flexibility index (Phi) is 9.49. The van der Waals surface area contributed by atoms with Gasteiger partial charge in [-0.3, -0.25) is 9.79 Å². The first-order chi connectivity index (χ1) is 12.4. The van der Waals surface area contributed by atoms with Crippen LogP contribution in [0, 0.1) is 11.7 Å². The van der Waals surface area contributed by atoms with E-state index in [0.717, 1.165) is 37.5 Å². The van der Waals surface area contributed by atoms with Gasteiger partial charge in [0.1, 0.15) is 5.82 Å². The van der Waals surface area contributed by atoms with Crippen molar-refractivity contribution in [2.45, 2.75) is 38.5 Å². The molecular formula is C20H32FIN4O. The number of benzene rings is 1. The van der Waals surface area contributed by atoms with Crippen LogP contribution < -0.4 is 10.6 Å². The van der Waals surface area contributed by atoms with E-state index in [4.69, 9.17) is 0 Å². The van der Waals surface area contributed by atoms with Crippen molar-refractivity contribution in [2.75, 3.05) is 33.7 Å². The summed E-state index contributed by atoms with van der Waals surface area (Å²) in [7, 11) is 3.47. The smallest absolute Gasteiger partial charge is 0.220 e. The minimum Gasteiger partial charge on any atom is -0.359 e. The molecule has 1 aliphatic heterocycles. The lowest BCUT2D eigenvalue weighted by Gasteiger charge is -2.35. The molecule has 0 unspecified atom stereocenters. The number of nitrogens with zero attached hydrogens (tertiary/aromatic N) is 2. The number of aliphatic imine (C=N–C) groups is 1. The maximum atomic E-state index is 13.5. The van der Waals surface area contributed by atoms with Crippen molar-refractivity contribution >= 4 is 35.8 Å². The topological polar surface area (TPSA) is 56.7 Å². The van der Waals surface area contributed by atoms with Crippen LogP contribution in [-0.4, -0.2) is 50.5 Å². The fraction of sp³-hybridized carbons (Fsp3) is 0.600. The van der Waals surface area contributed by atoms with E-state index in [2.05, 4.69) is 34.4 Å². The number of hydrogen-bond donors (Lipinski definition) is 2. The van der Waals surface area contributed by atoms with Crippen molar-refractivity contribution < 1.29 is 9.18 Å². The lowest BCUT2D eigenvalue weighted by atomic mass is 9.84. The van der Waals surface area contributed by atoms with Crippen molar-refractivity contribution in [1.29, 1.82) is 0 Å². The van der Waals surface area contributed by atoms with Gasteiger partial charge in [0.05, 0.1) is 0 Å². The van der Waals surface area contributed by atoms with Crippen LogP contribution in [0.5, 0.6) is 0 Å². The van der Waals surface area contributed by atoms with Gasteiger partial charge in [0, 0.05) is 45.6 Å². The monoisotopic (exact) mass is 490 g/mol. The molecular weight excluding hydrogens is 458 g/mol. The van der Waals surface area contributed by atoms with Gasteiger partial charge in [-0.25, -0.2) is 4.39 Å². The minimum absolute atomic E-state index is 0. The Labute approximate surface area is 179 Å². The van der Waals surface area contributed by atoms with Gasteiger partial charge < -0.3 is 15.5 Å². The summed E-state index contributed by atoms with van der Waals surface area (Å²) >= 11 is 0. The largest absolute Gasteiger partial charge is 0.359 e. The Bertz CT molecular complexity index is 643. The maximum absolute atomic E-state index is 13.5. The van der Waals surface area contributed by atoms with Crippen LogP contribution in [0.25, 0.3) is 0 Å². The van der Waals surface area contributed by atoms with E-state index in [-0.39, 0.29) is 41.1 Å². The first-order valence-corrected chi connectivity index (χ1v) is 9.28. The van der Waals surface area contributed by atoms with Crippen molar-refractivity contribution in [3.63, 3.8) is 0 Å². The number of rotatable bonds is 5. The Morgan fingerprint density at radius 3 is 2.56 bits per heavy atom. The van der Waals surface area contributed by atoms with Gasteiger partial charge in [0.25, 0.3) is 0 Å². The highest BCUT2D eigenvalue weighted by Gasteiger charge is 2.25. The zero-order chi connectivity index (χ0) is 19.2. The first kappa shape index (κ1) is 23.7. The second-order valence-electron chi connectivity index (χ2n) is 7.60. The van der Waals surface area contributed by atoms with E-state index in [1.807, 2.05) is 6.07 Å². The summed E-state index contributed by atoms with van der Waals surface area (Å²) in [5.74, 6) is 1.21. The van der Waals surface area contributed by atoms with E-state index < -0.39 is 0 Å². The van der Waals surface area contributed by atoms with Gasteiger partial charge in [0.2, 0.25) is 5.91 Å². The Hall–Kier alpha value is -1.38. The highest BCUT2D eigenvalue weighted by atomic mass is 127. The molecule has 0 saturated carbocycles. The summed E-state index contributed by atoms with van der Waals surface area (Å²) in [6.07, 6.45) is 2.58. The SMILES string of the molecule is CN=C(NCC(C)(C)c1cccc(F)c1)N1CCC(CC(=O)NC)CC1.I. The van der Waals surface area contributed by atoms with Gasteiger partial charge in [-0.2, -0.15) is 0 Å². The molecule has 2 N–H and O–H groups in total. The van der Waals surface area contributed by atoms with Gasteiger partial charge in [-0.05, 0) is 36.5 Å². The third-order valence-corrected chi connectivity index (χ3v) is 5.17. The summed E-state index contributed by atoms with van der Waals surface area (Å²) < 4.78 is 13.5. The quantitative estimate of drug-likeness (QED) is 0.379. The maximum Gasteiger partial charge on any atom is 0.220 e. The average Bonchev–Trinajstić information content (AvgIpc) is 2.63. The zero-order valence-corrected chi connectivity index (χ0v) is 19.0. The molecule has 152 valence electrons. The average molecular weight is 490 g/mol. The van der Waals surface area contributed by atoms with Crippen molar-refractivity contribution in [2.24, 2.45) is 10.9 Å². The predicted molar refractivity (Wildman–Crippen MR) is 119 cm³/mol. The zero-order valence-electron chi connectivity index (χ0n) is 16.7. The van der Waals surface area contributed by atoms with E-state index in [0.29, 0.717) is 18.9 Å². The van der Waals surface area contributed by atoms with Crippen LogP contribution in [0.1, 0.15) is 38.7 Å². The third kappa shape index (κ3) is 6.93. The molecule has 1 aromatic carbocycles. The Morgan fingerprint density at radius 1 is 1.33 bits per heavy atom. The summed E-state index contributed by atoms with van der Waals surface area (Å²) in [6, 6.07) is 6.76. The number of amides is 1. The van der Waals surface area contributed by atoms with Gasteiger partial charge in [-0.1, -0.05) is 26.0 Å².